The molecule has 0 spiro atoms. The fourth-order valence-corrected chi connectivity index (χ4v) is 1.40. The first kappa shape index (κ1) is 7.92. The van der Waals surface area contributed by atoms with Crippen molar-refractivity contribution < 1.29 is 0 Å². The van der Waals surface area contributed by atoms with Crippen molar-refractivity contribution in [2.75, 3.05) is 5.73 Å². The second-order valence-electron chi connectivity index (χ2n) is 3.09. The Bertz CT molecular complexity index is 608. The van der Waals surface area contributed by atoms with Crippen molar-refractivity contribution >= 4 is 16.9 Å². The quantitative estimate of drug-likeness (QED) is 0.525. The maximum Gasteiger partial charge on any atom is 0.201 e. The number of anilines is 1. The summed E-state index contributed by atoms with van der Waals surface area (Å²) in [5.74, 6) is 0. The number of fused-ring (bicyclic) bond motifs is 1. The minimum absolute atomic E-state index is 0.580. The molecule has 3 heterocycles. The Balaban J connectivity index is 2.23. The summed E-state index contributed by atoms with van der Waals surface area (Å²) in [5.41, 5.74) is 9.17. The monoisotopic (exact) mass is 201 g/mol. The highest BCUT2D eigenvalue weighted by atomic mass is 15.3. The van der Waals surface area contributed by atoms with Crippen LogP contribution in [0.3, 0.4) is 0 Å². The van der Waals surface area contributed by atoms with Gasteiger partial charge < -0.3 is 5.73 Å². The largest absolute Gasteiger partial charge is 0.396 e. The lowest BCUT2D eigenvalue weighted by Gasteiger charge is -1.97. The molecular weight excluding hydrogens is 194 g/mol. The summed E-state index contributed by atoms with van der Waals surface area (Å²) in [6.45, 7) is 0. The number of nitrogens with one attached hydrogen (secondary N) is 2. The first-order valence-corrected chi connectivity index (χ1v) is 4.30. The molecule has 0 saturated heterocycles. The Morgan fingerprint density at radius 3 is 2.93 bits per heavy atom. The molecule has 0 fully saturated rings. The van der Waals surface area contributed by atoms with Crippen LogP contribution in [-0.2, 0) is 0 Å². The predicted molar refractivity (Wildman–Crippen MR) is 53.7 cm³/mol. The van der Waals surface area contributed by atoms with Crippen molar-refractivity contribution in [3.63, 3.8) is 0 Å². The van der Waals surface area contributed by atoms with Gasteiger partial charge in [0.1, 0.15) is 5.52 Å². The maximum atomic E-state index is 5.73. The molecule has 7 heteroatoms. The van der Waals surface area contributed by atoms with Crippen LogP contribution in [0.4, 0.5) is 5.69 Å². The second kappa shape index (κ2) is 2.77. The number of aromatic amines is 2. The van der Waals surface area contributed by atoms with Crippen LogP contribution in [0.5, 0.6) is 0 Å². The number of nitrogens with two attached hydrogens (primary N) is 1. The summed E-state index contributed by atoms with van der Waals surface area (Å²) in [7, 11) is 0. The van der Waals surface area contributed by atoms with Crippen molar-refractivity contribution in [2.45, 2.75) is 0 Å². The average Bonchev–Trinajstić information content (AvgIpc) is 2.84. The molecule has 0 saturated carbocycles. The van der Waals surface area contributed by atoms with Crippen LogP contribution in [-0.4, -0.2) is 30.6 Å². The molecule has 0 amide bonds. The molecule has 74 valence electrons. The Morgan fingerprint density at radius 1 is 1.20 bits per heavy atom. The minimum atomic E-state index is 0.580. The average molecular weight is 201 g/mol. The van der Waals surface area contributed by atoms with E-state index in [1.54, 1.807) is 12.4 Å². The van der Waals surface area contributed by atoms with Crippen molar-refractivity contribution in [2.24, 2.45) is 0 Å². The Labute approximate surface area is 83.7 Å². The number of nitrogen functional groups attached to an aromatic ring is 1. The Kier molecular flexibility index (Phi) is 1.46. The molecule has 0 radical (unpaired) electrons. The van der Waals surface area contributed by atoms with Crippen LogP contribution in [0.15, 0.2) is 18.5 Å². The highest BCUT2D eigenvalue weighted by Crippen LogP contribution is 2.23. The van der Waals surface area contributed by atoms with Gasteiger partial charge in [-0.05, 0) is 6.07 Å². The van der Waals surface area contributed by atoms with Gasteiger partial charge in [-0.1, -0.05) is 0 Å². The molecule has 0 atom stereocenters. The van der Waals surface area contributed by atoms with Crippen LogP contribution in [0.2, 0.25) is 0 Å². The van der Waals surface area contributed by atoms with Crippen LogP contribution in [0.1, 0.15) is 0 Å². The van der Waals surface area contributed by atoms with Gasteiger partial charge in [-0.3, -0.25) is 5.10 Å². The van der Waals surface area contributed by atoms with E-state index in [-0.39, 0.29) is 0 Å². The summed E-state index contributed by atoms with van der Waals surface area (Å²) in [6.07, 6.45) is 3.23. The molecule has 0 bridgehead atoms. The fourth-order valence-electron chi connectivity index (χ4n) is 1.40. The highest BCUT2D eigenvalue weighted by Gasteiger charge is 2.07. The molecule has 3 aromatic heterocycles. The third kappa shape index (κ3) is 1.13. The number of rotatable bonds is 1. The van der Waals surface area contributed by atoms with E-state index in [0.29, 0.717) is 16.9 Å². The number of aromatic nitrogens is 6. The lowest BCUT2D eigenvalue weighted by atomic mass is 10.2. The van der Waals surface area contributed by atoms with Crippen LogP contribution in [0, 0.1) is 0 Å². The molecule has 0 aliphatic heterocycles. The fraction of sp³-hybridized carbons (Fsp3) is 0. The van der Waals surface area contributed by atoms with Gasteiger partial charge in [0.15, 0.2) is 0 Å². The summed E-state index contributed by atoms with van der Waals surface area (Å²) in [4.78, 5) is 4.13. The molecule has 0 aromatic carbocycles. The molecule has 3 aromatic rings. The topological polar surface area (TPSA) is 109 Å². The zero-order chi connectivity index (χ0) is 10.3. The zero-order valence-electron chi connectivity index (χ0n) is 7.60. The Hall–Kier alpha value is -2.44. The molecule has 7 nitrogen and oxygen atoms in total. The van der Waals surface area contributed by atoms with E-state index >= 15 is 0 Å². The minimum Gasteiger partial charge on any atom is -0.396 e. The maximum absolute atomic E-state index is 5.73. The SMILES string of the molecule is Nc1cn[nH]c1-c1cnc2n[nH]nc2c1. The number of nitrogens with zero attached hydrogens (tertiary/aromatic N) is 4. The lowest BCUT2D eigenvalue weighted by molar-refractivity contribution is 0.954. The summed E-state index contributed by atoms with van der Waals surface area (Å²) in [5, 5.41) is 17.0. The number of hydrogen-bond acceptors (Lipinski definition) is 5. The first-order valence-electron chi connectivity index (χ1n) is 4.30. The van der Waals surface area contributed by atoms with E-state index in [0.717, 1.165) is 11.3 Å². The van der Waals surface area contributed by atoms with Gasteiger partial charge in [-0.2, -0.15) is 15.4 Å². The third-order valence-corrected chi connectivity index (χ3v) is 2.13. The van der Waals surface area contributed by atoms with E-state index in [1.807, 2.05) is 6.07 Å². The van der Waals surface area contributed by atoms with Crippen molar-refractivity contribution in [3.05, 3.63) is 18.5 Å². The van der Waals surface area contributed by atoms with E-state index in [4.69, 9.17) is 5.73 Å². The summed E-state index contributed by atoms with van der Waals surface area (Å²) in [6, 6.07) is 1.84. The van der Waals surface area contributed by atoms with Gasteiger partial charge in [0.05, 0.1) is 17.6 Å². The van der Waals surface area contributed by atoms with Gasteiger partial charge in [0.25, 0.3) is 0 Å². The highest BCUT2D eigenvalue weighted by molar-refractivity contribution is 5.79. The smallest absolute Gasteiger partial charge is 0.201 e. The standard InChI is InChI=1S/C8H7N7/c9-5-3-11-13-7(5)4-1-6-8(10-2-4)14-15-12-6/h1-3H,9H2,(H,11,13)(H,10,12,14,15). The number of hydrogen-bond donors (Lipinski definition) is 3. The molecule has 0 unspecified atom stereocenters. The van der Waals surface area contributed by atoms with Gasteiger partial charge in [-0.15, -0.1) is 5.10 Å². The predicted octanol–water partition coefficient (Wildman–Crippen LogP) is 0.325. The molecule has 4 N–H and O–H groups in total. The zero-order valence-corrected chi connectivity index (χ0v) is 7.60. The normalized spacial score (nSPS) is 10.9. The van der Waals surface area contributed by atoms with E-state index < -0.39 is 0 Å². The third-order valence-electron chi connectivity index (χ3n) is 2.13. The van der Waals surface area contributed by atoms with E-state index in [1.165, 1.54) is 0 Å². The molecule has 0 aliphatic carbocycles. The van der Waals surface area contributed by atoms with Gasteiger partial charge in [-0.25, -0.2) is 4.98 Å². The van der Waals surface area contributed by atoms with E-state index in [9.17, 15) is 0 Å². The molecule has 15 heavy (non-hydrogen) atoms. The van der Waals surface area contributed by atoms with Crippen molar-refractivity contribution in [1.82, 2.24) is 30.6 Å². The molecule has 0 aliphatic rings. The van der Waals surface area contributed by atoms with Gasteiger partial charge >= 0.3 is 0 Å². The second-order valence-corrected chi connectivity index (χ2v) is 3.09. The van der Waals surface area contributed by atoms with Crippen LogP contribution >= 0.6 is 0 Å². The summed E-state index contributed by atoms with van der Waals surface area (Å²) < 4.78 is 0. The van der Waals surface area contributed by atoms with Gasteiger partial charge in [0, 0.05) is 11.8 Å². The number of H-pyrrole nitrogens is 2. The van der Waals surface area contributed by atoms with Gasteiger partial charge in [0.2, 0.25) is 5.65 Å². The van der Waals surface area contributed by atoms with Crippen molar-refractivity contribution in [1.29, 1.82) is 0 Å². The molecular formula is C8H7N7. The molecule has 3 rings (SSSR count). The number of pyridine rings is 1. The van der Waals surface area contributed by atoms with Crippen molar-refractivity contribution in [3.8, 4) is 11.3 Å². The Morgan fingerprint density at radius 2 is 2.13 bits per heavy atom. The first-order chi connectivity index (χ1) is 7.34. The van der Waals surface area contributed by atoms with E-state index in [2.05, 4.69) is 30.6 Å². The van der Waals surface area contributed by atoms with Crippen LogP contribution in [0.25, 0.3) is 22.4 Å². The summed E-state index contributed by atoms with van der Waals surface area (Å²) >= 11 is 0. The lowest BCUT2D eigenvalue weighted by Crippen LogP contribution is -1.88. The van der Waals surface area contributed by atoms with Crippen LogP contribution < -0.4 is 5.73 Å².